The molecule has 0 aliphatic rings. The SMILES string of the molecule is COc1ccccc1/C=C/CN(C(=O)Nc1cccc(F)c1)c1ccc(C(F)(F)F)cc1. The van der Waals surface area contributed by atoms with E-state index in [4.69, 9.17) is 4.74 Å². The number of para-hydroxylation sites is 1. The molecule has 0 aliphatic carbocycles. The van der Waals surface area contributed by atoms with E-state index in [1.807, 2.05) is 18.2 Å². The fourth-order valence-corrected chi connectivity index (χ4v) is 2.98. The number of methoxy groups -OCH3 is 1. The van der Waals surface area contributed by atoms with Gasteiger partial charge in [-0.25, -0.2) is 9.18 Å². The van der Waals surface area contributed by atoms with E-state index in [2.05, 4.69) is 5.32 Å². The fraction of sp³-hybridized carbons (Fsp3) is 0.125. The van der Waals surface area contributed by atoms with Crippen molar-refractivity contribution >= 4 is 23.5 Å². The van der Waals surface area contributed by atoms with Gasteiger partial charge in [0.2, 0.25) is 0 Å². The molecule has 0 unspecified atom stereocenters. The number of ether oxygens (including phenoxy) is 1. The van der Waals surface area contributed by atoms with E-state index in [1.165, 1.54) is 42.3 Å². The fourth-order valence-electron chi connectivity index (χ4n) is 2.98. The maximum Gasteiger partial charge on any atom is 0.416 e. The lowest BCUT2D eigenvalue weighted by Crippen LogP contribution is -2.35. The third kappa shape index (κ3) is 5.87. The third-order valence-corrected chi connectivity index (χ3v) is 4.55. The Balaban J connectivity index is 1.86. The van der Waals surface area contributed by atoms with Crippen molar-refractivity contribution in [1.82, 2.24) is 0 Å². The number of hydrogen-bond donors (Lipinski definition) is 1. The predicted molar refractivity (Wildman–Crippen MR) is 116 cm³/mol. The predicted octanol–water partition coefficient (Wildman–Crippen LogP) is 6.61. The molecular weight excluding hydrogens is 424 g/mol. The van der Waals surface area contributed by atoms with Crippen LogP contribution >= 0.6 is 0 Å². The second-order valence-electron chi connectivity index (χ2n) is 6.74. The van der Waals surface area contributed by atoms with Crippen molar-refractivity contribution in [3.8, 4) is 5.75 Å². The number of amides is 2. The first-order valence-electron chi connectivity index (χ1n) is 9.59. The Morgan fingerprint density at radius 3 is 2.41 bits per heavy atom. The number of nitrogens with zero attached hydrogens (tertiary/aromatic N) is 1. The molecular formula is C24H20F4N2O2. The lowest BCUT2D eigenvalue weighted by molar-refractivity contribution is -0.137. The summed E-state index contributed by atoms with van der Waals surface area (Å²) in [4.78, 5) is 14.1. The van der Waals surface area contributed by atoms with Crippen LogP contribution in [-0.4, -0.2) is 19.7 Å². The first-order chi connectivity index (χ1) is 15.3. The first-order valence-corrected chi connectivity index (χ1v) is 9.59. The van der Waals surface area contributed by atoms with Crippen LogP contribution in [0.3, 0.4) is 0 Å². The summed E-state index contributed by atoms with van der Waals surface area (Å²) < 4.78 is 57.5. The zero-order chi connectivity index (χ0) is 23.1. The largest absolute Gasteiger partial charge is 0.496 e. The maximum atomic E-state index is 13.5. The Morgan fingerprint density at radius 2 is 1.75 bits per heavy atom. The summed E-state index contributed by atoms with van der Waals surface area (Å²) in [5, 5.41) is 2.56. The molecule has 166 valence electrons. The van der Waals surface area contributed by atoms with Crippen molar-refractivity contribution in [2.75, 3.05) is 23.9 Å². The molecule has 0 bridgehead atoms. The molecule has 0 saturated carbocycles. The number of nitrogens with one attached hydrogen (secondary N) is 1. The van der Waals surface area contributed by atoms with E-state index < -0.39 is 23.6 Å². The topological polar surface area (TPSA) is 41.6 Å². The molecule has 32 heavy (non-hydrogen) atoms. The van der Waals surface area contributed by atoms with Crippen molar-refractivity contribution in [2.45, 2.75) is 6.18 Å². The Morgan fingerprint density at radius 1 is 1.03 bits per heavy atom. The van der Waals surface area contributed by atoms with Crippen LogP contribution in [0, 0.1) is 5.82 Å². The average molecular weight is 444 g/mol. The summed E-state index contributed by atoms with van der Waals surface area (Å²) in [6.07, 6.45) is -1.07. The number of urea groups is 1. The monoisotopic (exact) mass is 444 g/mol. The summed E-state index contributed by atoms with van der Waals surface area (Å²) in [6, 6.07) is 16.2. The molecule has 0 atom stereocenters. The summed E-state index contributed by atoms with van der Waals surface area (Å²) in [5.41, 5.74) is 0.418. The van der Waals surface area contributed by atoms with Crippen LogP contribution in [0.15, 0.2) is 78.9 Å². The highest BCUT2D eigenvalue weighted by Gasteiger charge is 2.30. The van der Waals surface area contributed by atoms with Crippen LogP contribution in [0.25, 0.3) is 6.08 Å². The smallest absolute Gasteiger partial charge is 0.416 e. The molecule has 8 heteroatoms. The lowest BCUT2D eigenvalue weighted by Gasteiger charge is -2.22. The molecule has 0 radical (unpaired) electrons. The quantitative estimate of drug-likeness (QED) is 0.435. The van der Waals surface area contributed by atoms with Crippen LogP contribution in [0.4, 0.5) is 33.7 Å². The van der Waals surface area contributed by atoms with Gasteiger partial charge in [0.1, 0.15) is 11.6 Å². The second kappa shape index (κ2) is 10.00. The standard InChI is InChI=1S/C24H20F4N2O2/c1-32-22-10-3-2-6-17(22)7-5-15-30(21-13-11-18(12-14-21)24(26,27)28)23(31)29-20-9-4-8-19(25)16-20/h2-14,16H,15H2,1H3,(H,29,31)/b7-5+. The number of carbonyl (C=O) groups excluding carboxylic acids is 1. The minimum atomic E-state index is -4.49. The highest BCUT2D eigenvalue weighted by molar-refractivity contribution is 6.02. The van der Waals surface area contributed by atoms with Gasteiger partial charge in [-0.2, -0.15) is 13.2 Å². The number of carbonyl (C=O) groups is 1. The Bertz CT molecular complexity index is 1100. The van der Waals surface area contributed by atoms with Gasteiger partial charge in [-0.05, 0) is 48.5 Å². The maximum absolute atomic E-state index is 13.5. The Hall–Kier alpha value is -3.81. The number of benzene rings is 3. The summed E-state index contributed by atoms with van der Waals surface area (Å²) >= 11 is 0. The van der Waals surface area contributed by atoms with Crippen LogP contribution in [0.1, 0.15) is 11.1 Å². The molecule has 2 amide bonds. The summed E-state index contributed by atoms with van der Waals surface area (Å²) in [5.74, 6) is 0.106. The van der Waals surface area contributed by atoms with Gasteiger partial charge in [0.25, 0.3) is 0 Å². The van der Waals surface area contributed by atoms with Crippen molar-refractivity contribution in [3.05, 3.63) is 95.8 Å². The van der Waals surface area contributed by atoms with Crippen molar-refractivity contribution in [2.24, 2.45) is 0 Å². The van der Waals surface area contributed by atoms with Gasteiger partial charge in [0.15, 0.2) is 0 Å². The van der Waals surface area contributed by atoms with Crippen molar-refractivity contribution in [3.63, 3.8) is 0 Å². The lowest BCUT2D eigenvalue weighted by atomic mass is 10.1. The summed E-state index contributed by atoms with van der Waals surface area (Å²) in [6.45, 7) is 0.0462. The van der Waals surface area contributed by atoms with E-state index in [0.717, 1.165) is 23.8 Å². The van der Waals surface area contributed by atoms with Crippen LogP contribution in [0.2, 0.25) is 0 Å². The third-order valence-electron chi connectivity index (χ3n) is 4.55. The zero-order valence-electron chi connectivity index (χ0n) is 17.1. The van der Waals surface area contributed by atoms with E-state index >= 15 is 0 Å². The highest BCUT2D eigenvalue weighted by atomic mass is 19.4. The van der Waals surface area contributed by atoms with Crippen molar-refractivity contribution < 1.29 is 27.1 Å². The van der Waals surface area contributed by atoms with E-state index in [0.29, 0.717) is 5.75 Å². The van der Waals surface area contributed by atoms with Gasteiger partial charge in [0.05, 0.1) is 12.7 Å². The minimum absolute atomic E-state index is 0.0462. The second-order valence-corrected chi connectivity index (χ2v) is 6.74. The average Bonchev–Trinajstić information content (AvgIpc) is 2.76. The Labute approximate surface area is 182 Å². The number of hydrogen-bond acceptors (Lipinski definition) is 2. The number of halogens is 4. The van der Waals surface area contributed by atoms with E-state index in [9.17, 15) is 22.4 Å². The van der Waals surface area contributed by atoms with Gasteiger partial charge in [-0.1, -0.05) is 36.4 Å². The first kappa shape index (κ1) is 22.9. The van der Waals surface area contributed by atoms with Gasteiger partial charge < -0.3 is 10.1 Å². The van der Waals surface area contributed by atoms with Gasteiger partial charge >= 0.3 is 12.2 Å². The van der Waals surface area contributed by atoms with Crippen LogP contribution in [0.5, 0.6) is 5.75 Å². The van der Waals surface area contributed by atoms with Crippen molar-refractivity contribution in [1.29, 1.82) is 0 Å². The normalized spacial score (nSPS) is 11.4. The zero-order valence-corrected chi connectivity index (χ0v) is 17.1. The number of rotatable bonds is 6. The molecule has 3 rings (SSSR count). The van der Waals surface area contributed by atoms with Gasteiger partial charge in [-0.15, -0.1) is 0 Å². The molecule has 0 aromatic heterocycles. The van der Waals surface area contributed by atoms with Crippen LogP contribution in [-0.2, 0) is 6.18 Å². The number of alkyl halides is 3. The van der Waals surface area contributed by atoms with Gasteiger partial charge in [0, 0.05) is 23.5 Å². The molecule has 0 fully saturated rings. The molecule has 0 heterocycles. The molecule has 0 aliphatic heterocycles. The van der Waals surface area contributed by atoms with E-state index in [1.54, 1.807) is 18.2 Å². The molecule has 4 nitrogen and oxygen atoms in total. The van der Waals surface area contributed by atoms with Crippen LogP contribution < -0.4 is 15.0 Å². The Kier molecular flexibility index (Phi) is 7.14. The van der Waals surface area contributed by atoms with E-state index in [-0.39, 0.29) is 17.9 Å². The molecule has 0 saturated heterocycles. The highest BCUT2D eigenvalue weighted by Crippen LogP contribution is 2.31. The minimum Gasteiger partial charge on any atom is -0.496 e. The molecule has 1 N–H and O–H groups in total. The van der Waals surface area contributed by atoms with Gasteiger partial charge in [-0.3, -0.25) is 4.90 Å². The summed E-state index contributed by atoms with van der Waals surface area (Å²) in [7, 11) is 1.54. The molecule has 3 aromatic rings. The molecule has 0 spiro atoms. The molecule has 3 aromatic carbocycles. The number of anilines is 2.